The molecule has 0 unspecified atom stereocenters. The van der Waals surface area contributed by atoms with Crippen molar-refractivity contribution in [3.8, 4) is 11.5 Å². The molecule has 2 aromatic rings. The molecule has 2 aliphatic rings. The highest BCUT2D eigenvalue weighted by atomic mass is 79.9. The predicted octanol–water partition coefficient (Wildman–Crippen LogP) is 2.71. The molecule has 8 nitrogen and oxygen atoms in total. The first kappa shape index (κ1) is 20.6. The van der Waals surface area contributed by atoms with E-state index in [1.807, 2.05) is 24.3 Å². The zero-order chi connectivity index (χ0) is 20.8. The molecule has 158 valence electrons. The van der Waals surface area contributed by atoms with Crippen molar-refractivity contribution in [2.75, 3.05) is 51.5 Å². The minimum absolute atomic E-state index is 0.166. The lowest BCUT2D eigenvalue weighted by Gasteiger charge is -2.25. The summed E-state index contributed by atoms with van der Waals surface area (Å²) in [6.45, 7) is 4.81. The van der Waals surface area contributed by atoms with Gasteiger partial charge in [-0.3, -0.25) is 20.0 Å². The van der Waals surface area contributed by atoms with Gasteiger partial charge >= 0.3 is 0 Å². The van der Waals surface area contributed by atoms with E-state index in [4.69, 9.17) is 14.2 Å². The van der Waals surface area contributed by atoms with Gasteiger partial charge in [-0.15, -0.1) is 0 Å². The molecule has 2 N–H and O–H groups in total. The summed E-state index contributed by atoms with van der Waals surface area (Å²) in [4.78, 5) is 19.7. The van der Waals surface area contributed by atoms with Crippen molar-refractivity contribution in [3.05, 3.63) is 52.5 Å². The number of guanidine groups is 1. The number of fused-ring (bicyclic) bond motifs is 1. The van der Waals surface area contributed by atoms with Crippen molar-refractivity contribution in [2.45, 2.75) is 0 Å². The van der Waals surface area contributed by atoms with E-state index in [9.17, 15) is 4.79 Å². The Kier molecular flexibility index (Phi) is 6.83. The number of ether oxygens (including phenoxy) is 3. The number of aliphatic imine (C=N–C) groups is 1. The lowest BCUT2D eigenvalue weighted by molar-refractivity contribution is 0.0394. The van der Waals surface area contributed by atoms with Gasteiger partial charge in [0.2, 0.25) is 12.8 Å². The Morgan fingerprint density at radius 3 is 2.63 bits per heavy atom. The summed E-state index contributed by atoms with van der Waals surface area (Å²) in [5.41, 5.74) is 1.30. The zero-order valence-corrected chi connectivity index (χ0v) is 18.0. The number of rotatable bonds is 5. The highest BCUT2D eigenvalue weighted by Gasteiger charge is 2.17. The molecule has 1 saturated heterocycles. The average molecular weight is 475 g/mol. The highest BCUT2D eigenvalue weighted by Crippen LogP contribution is 2.32. The number of nitrogens with zero attached hydrogens (tertiary/aromatic N) is 2. The fourth-order valence-corrected chi connectivity index (χ4v) is 3.39. The Morgan fingerprint density at radius 2 is 1.83 bits per heavy atom. The number of morpholine rings is 1. The molecule has 0 radical (unpaired) electrons. The molecule has 1 fully saturated rings. The molecule has 0 bridgehead atoms. The van der Waals surface area contributed by atoms with E-state index in [1.54, 1.807) is 18.2 Å². The second kappa shape index (κ2) is 9.92. The minimum atomic E-state index is -0.275. The van der Waals surface area contributed by atoms with Crippen molar-refractivity contribution in [1.29, 1.82) is 0 Å². The van der Waals surface area contributed by atoms with Crippen LogP contribution in [0.2, 0.25) is 0 Å². The highest BCUT2D eigenvalue weighted by molar-refractivity contribution is 9.10. The van der Waals surface area contributed by atoms with Crippen LogP contribution in [0.1, 0.15) is 10.4 Å². The van der Waals surface area contributed by atoms with Crippen LogP contribution >= 0.6 is 15.9 Å². The van der Waals surface area contributed by atoms with Gasteiger partial charge in [0.05, 0.1) is 19.8 Å². The van der Waals surface area contributed by atoms with Crippen LogP contribution in [0, 0.1) is 0 Å². The van der Waals surface area contributed by atoms with Crippen molar-refractivity contribution in [1.82, 2.24) is 10.2 Å². The van der Waals surface area contributed by atoms with Gasteiger partial charge in [0, 0.05) is 35.4 Å². The fraction of sp³-hybridized carbons (Fsp3) is 0.333. The molecule has 2 aliphatic heterocycles. The van der Waals surface area contributed by atoms with Gasteiger partial charge in [0.25, 0.3) is 5.91 Å². The van der Waals surface area contributed by atoms with Gasteiger partial charge in [-0.2, -0.15) is 0 Å². The molecular formula is C21H23BrN4O4. The Balaban J connectivity index is 1.44. The van der Waals surface area contributed by atoms with Crippen LogP contribution in [0.15, 0.2) is 51.9 Å². The summed E-state index contributed by atoms with van der Waals surface area (Å²) in [5, 5.41) is 6.07. The van der Waals surface area contributed by atoms with Crippen molar-refractivity contribution in [2.24, 2.45) is 4.99 Å². The first-order valence-corrected chi connectivity index (χ1v) is 10.5. The normalized spacial score (nSPS) is 16.4. The molecule has 0 aromatic heterocycles. The Labute approximate surface area is 183 Å². The second-order valence-corrected chi connectivity index (χ2v) is 7.75. The van der Waals surface area contributed by atoms with Crippen LogP contribution in [-0.2, 0) is 4.74 Å². The largest absolute Gasteiger partial charge is 0.454 e. The third kappa shape index (κ3) is 5.50. The Hall–Kier alpha value is -2.62. The Morgan fingerprint density at radius 1 is 1.07 bits per heavy atom. The summed E-state index contributed by atoms with van der Waals surface area (Å²) in [5.74, 6) is 1.32. The summed E-state index contributed by atoms with van der Waals surface area (Å²) < 4.78 is 17.0. The number of anilines is 1. The van der Waals surface area contributed by atoms with Crippen LogP contribution in [0.25, 0.3) is 0 Å². The number of carbonyl (C=O) groups excluding carboxylic acids is 1. The van der Waals surface area contributed by atoms with Gasteiger partial charge in [-0.05, 0) is 42.5 Å². The van der Waals surface area contributed by atoms with E-state index in [-0.39, 0.29) is 12.7 Å². The minimum Gasteiger partial charge on any atom is -0.454 e. The van der Waals surface area contributed by atoms with E-state index in [0.29, 0.717) is 29.6 Å². The van der Waals surface area contributed by atoms with Gasteiger partial charge in [-0.25, -0.2) is 0 Å². The van der Waals surface area contributed by atoms with E-state index in [1.165, 1.54) is 0 Å². The van der Waals surface area contributed by atoms with Crippen molar-refractivity contribution >= 4 is 33.5 Å². The second-order valence-electron chi connectivity index (χ2n) is 6.84. The predicted molar refractivity (Wildman–Crippen MR) is 117 cm³/mol. The van der Waals surface area contributed by atoms with Crippen LogP contribution in [0.5, 0.6) is 11.5 Å². The molecular weight excluding hydrogens is 452 g/mol. The topological polar surface area (TPSA) is 84.4 Å². The van der Waals surface area contributed by atoms with E-state index >= 15 is 0 Å². The molecule has 0 atom stereocenters. The monoisotopic (exact) mass is 474 g/mol. The number of nitrogens with one attached hydrogen (secondary N) is 2. The van der Waals surface area contributed by atoms with Crippen LogP contribution in [0.3, 0.4) is 0 Å². The number of halogens is 1. The van der Waals surface area contributed by atoms with Crippen LogP contribution in [0.4, 0.5) is 5.69 Å². The SMILES string of the molecule is O=C(NC(=NCCN1CCOCC1)Nc1ccc(Br)cc1)c1ccc2c(c1)OCO2. The molecule has 4 rings (SSSR count). The lowest BCUT2D eigenvalue weighted by Crippen LogP contribution is -2.39. The molecule has 0 aliphatic carbocycles. The van der Waals surface area contributed by atoms with Gasteiger partial charge in [-0.1, -0.05) is 15.9 Å². The van der Waals surface area contributed by atoms with Gasteiger partial charge < -0.3 is 19.5 Å². The number of amides is 1. The van der Waals surface area contributed by atoms with Gasteiger partial charge in [0.15, 0.2) is 11.5 Å². The summed E-state index contributed by atoms with van der Waals surface area (Å²) >= 11 is 3.43. The smallest absolute Gasteiger partial charge is 0.258 e. The third-order valence-electron chi connectivity index (χ3n) is 4.76. The van der Waals surface area contributed by atoms with Crippen LogP contribution in [-0.4, -0.2) is 63.0 Å². The molecule has 9 heteroatoms. The number of benzene rings is 2. The molecule has 2 heterocycles. The van der Waals surface area contributed by atoms with Crippen molar-refractivity contribution in [3.63, 3.8) is 0 Å². The fourth-order valence-electron chi connectivity index (χ4n) is 3.13. The molecule has 30 heavy (non-hydrogen) atoms. The van der Waals surface area contributed by atoms with E-state index in [2.05, 4.69) is 36.5 Å². The van der Waals surface area contributed by atoms with Crippen LogP contribution < -0.4 is 20.1 Å². The van der Waals surface area contributed by atoms with Gasteiger partial charge in [0.1, 0.15) is 0 Å². The third-order valence-corrected chi connectivity index (χ3v) is 5.29. The molecule has 0 saturated carbocycles. The maximum Gasteiger partial charge on any atom is 0.258 e. The maximum atomic E-state index is 12.8. The number of hydrogen-bond donors (Lipinski definition) is 2. The summed E-state index contributed by atoms with van der Waals surface area (Å²) in [6.07, 6.45) is 0. The maximum absolute atomic E-state index is 12.8. The lowest BCUT2D eigenvalue weighted by atomic mass is 10.2. The first-order valence-electron chi connectivity index (χ1n) is 9.75. The summed E-state index contributed by atoms with van der Waals surface area (Å²) in [6, 6.07) is 12.8. The quantitative estimate of drug-likeness (QED) is 0.511. The van der Waals surface area contributed by atoms with E-state index in [0.717, 1.165) is 43.0 Å². The summed E-state index contributed by atoms with van der Waals surface area (Å²) in [7, 11) is 0. The molecule has 0 spiro atoms. The number of hydrogen-bond acceptors (Lipinski definition) is 6. The first-order chi connectivity index (χ1) is 14.7. The average Bonchev–Trinajstić information content (AvgIpc) is 3.24. The van der Waals surface area contributed by atoms with Crippen molar-refractivity contribution < 1.29 is 19.0 Å². The molecule has 1 amide bonds. The Bertz CT molecular complexity index is 914. The van der Waals surface area contributed by atoms with E-state index < -0.39 is 0 Å². The standard InChI is InChI=1S/C21H23BrN4O4/c22-16-2-4-17(5-3-16)24-21(23-7-8-26-9-11-28-12-10-26)25-20(27)15-1-6-18-19(13-15)30-14-29-18/h1-6,13H,7-12,14H2,(H2,23,24,25,27). The number of carbonyl (C=O) groups is 1. The molecule has 2 aromatic carbocycles. The zero-order valence-electron chi connectivity index (χ0n) is 16.4.